The fourth-order valence-corrected chi connectivity index (χ4v) is 1.94. The van der Waals surface area contributed by atoms with Crippen molar-refractivity contribution in [2.24, 2.45) is 5.73 Å². The highest BCUT2D eigenvalue weighted by Gasteiger charge is 2.50. The first-order valence-electron chi connectivity index (χ1n) is 6.08. The quantitative estimate of drug-likeness (QED) is 0.756. The largest absolute Gasteiger partial charge is 0.467 e. The number of likely N-dealkylation sites (tertiary alicyclic amines) is 1. The zero-order chi connectivity index (χ0) is 14.8. The van der Waals surface area contributed by atoms with Gasteiger partial charge >= 0.3 is 12.1 Å². The van der Waals surface area contributed by atoms with Crippen LogP contribution in [0.5, 0.6) is 0 Å². The molecule has 1 amide bonds. The van der Waals surface area contributed by atoms with E-state index in [9.17, 15) is 14.0 Å². The summed E-state index contributed by atoms with van der Waals surface area (Å²) < 4.78 is 24.0. The van der Waals surface area contributed by atoms with E-state index in [1.807, 2.05) is 0 Å². The lowest BCUT2D eigenvalue weighted by atomic mass is 10.0. The maximum absolute atomic E-state index is 14.2. The summed E-state index contributed by atoms with van der Waals surface area (Å²) in [5.74, 6) is -0.668. The molecule has 19 heavy (non-hydrogen) atoms. The van der Waals surface area contributed by atoms with Gasteiger partial charge in [0.25, 0.3) is 0 Å². The number of nitrogens with zero attached hydrogens (tertiary/aromatic N) is 1. The molecule has 0 bridgehead atoms. The van der Waals surface area contributed by atoms with Crippen molar-refractivity contribution in [2.75, 3.05) is 20.2 Å². The molecule has 1 aliphatic rings. The van der Waals surface area contributed by atoms with E-state index in [0.717, 1.165) is 4.90 Å². The summed E-state index contributed by atoms with van der Waals surface area (Å²) in [6.07, 6.45) is -0.911. The third kappa shape index (κ3) is 3.79. The molecule has 1 saturated heterocycles. The van der Waals surface area contributed by atoms with Crippen LogP contribution in [0.4, 0.5) is 9.18 Å². The van der Waals surface area contributed by atoms with E-state index in [4.69, 9.17) is 10.5 Å². The highest BCUT2D eigenvalue weighted by Crippen LogP contribution is 2.31. The van der Waals surface area contributed by atoms with Gasteiger partial charge in [-0.05, 0) is 20.8 Å². The predicted molar refractivity (Wildman–Crippen MR) is 66.3 cm³/mol. The second-order valence-electron chi connectivity index (χ2n) is 5.71. The van der Waals surface area contributed by atoms with Crippen LogP contribution in [0.3, 0.4) is 0 Å². The molecule has 0 aromatic rings. The molecule has 1 rings (SSSR count). The summed E-state index contributed by atoms with van der Waals surface area (Å²) in [6.45, 7) is 4.55. The van der Waals surface area contributed by atoms with Gasteiger partial charge in [-0.15, -0.1) is 0 Å². The Bertz CT molecular complexity index is 369. The number of methoxy groups -OCH3 is 1. The van der Waals surface area contributed by atoms with Crippen LogP contribution in [-0.2, 0) is 14.3 Å². The van der Waals surface area contributed by atoms with Crippen LogP contribution >= 0.6 is 0 Å². The number of esters is 1. The first kappa shape index (κ1) is 15.7. The molecular weight excluding hydrogens is 255 g/mol. The van der Waals surface area contributed by atoms with Gasteiger partial charge in [0.15, 0.2) is 0 Å². The van der Waals surface area contributed by atoms with Crippen molar-refractivity contribution in [3.05, 3.63) is 0 Å². The van der Waals surface area contributed by atoms with E-state index in [0.29, 0.717) is 0 Å². The van der Waals surface area contributed by atoms with Crippen LogP contribution in [0.1, 0.15) is 27.2 Å². The number of hydrogen-bond acceptors (Lipinski definition) is 5. The summed E-state index contributed by atoms with van der Waals surface area (Å²) in [5.41, 5.74) is 2.85. The molecule has 7 heteroatoms. The zero-order valence-electron chi connectivity index (χ0n) is 11.7. The van der Waals surface area contributed by atoms with Crippen LogP contribution in [0.2, 0.25) is 0 Å². The Morgan fingerprint density at radius 3 is 2.47 bits per heavy atom. The summed E-state index contributed by atoms with van der Waals surface area (Å²) in [7, 11) is 1.19. The SMILES string of the molecule is COC(=O)C1CC(F)(CN)CN1C(=O)OC(C)(C)C. The second kappa shape index (κ2) is 5.32. The average Bonchev–Trinajstić information content (AvgIpc) is 2.65. The van der Waals surface area contributed by atoms with E-state index >= 15 is 0 Å². The van der Waals surface area contributed by atoms with Crippen LogP contribution in [0.15, 0.2) is 0 Å². The van der Waals surface area contributed by atoms with Gasteiger partial charge in [0, 0.05) is 13.0 Å². The van der Waals surface area contributed by atoms with Crippen molar-refractivity contribution in [3.63, 3.8) is 0 Å². The van der Waals surface area contributed by atoms with E-state index in [-0.39, 0.29) is 19.5 Å². The average molecular weight is 276 g/mol. The van der Waals surface area contributed by atoms with Gasteiger partial charge in [-0.25, -0.2) is 14.0 Å². The fourth-order valence-electron chi connectivity index (χ4n) is 1.94. The van der Waals surface area contributed by atoms with Gasteiger partial charge in [0.2, 0.25) is 0 Å². The molecule has 2 unspecified atom stereocenters. The Morgan fingerprint density at radius 2 is 2.05 bits per heavy atom. The number of nitrogens with two attached hydrogens (primary N) is 1. The van der Waals surface area contributed by atoms with Crippen LogP contribution < -0.4 is 5.73 Å². The molecule has 2 atom stereocenters. The molecule has 6 nitrogen and oxygen atoms in total. The van der Waals surface area contributed by atoms with Crippen molar-refractivity contribution in [2.45, 2.75) is 44.5 Å². The molecule has 1 aliphatic heterocycles. The maximum atomic E-state index is 14.2. The zero-order valence-corrected chi connectivity index (χ0v) is 11.7. The van der Waals surface area contributed by atoms with E-state index < -0.39 is 29.4 Å². The predicted octanol–water partition coefficient (Wildman–Crippen LogP) is 0.836. The van der Waals surface area contributed by atoms with Crippen LogP contribution in [-0.4, -0.2) is 54.5 Å². The number of carbonyl (C=O) groups excluding carboxylic acids is 2. The highest BCUT2D eigenvalue weighted by molar-refractivity contribution is 5.82. The molecule has 1 fully saturated rings. The molecular formula is C12H21FN2O4. The minimum atomic E-state index is -1.78. The van der Waals surface area contributed by atoms with Crippen molar-refractivity contribution < 1.29 is 23.5 Å². The first-order chi connectivity index (χ1) is 8.62. The van der Waals surface area contributed by atoms with Crippen molar-refractivity contribution in [1.29, 1.82) is 0 Å². The third-order valence-corrected chi connectivity index (χ3v) is 2.86. The molecule has 0 spiro atoms. The normalized spacial score (nSPS) is 27.3. The molecule has 0 radical (unpaired) electrons. The molecule has 0 aromatic carbocycles. The Balaban J connectivity index is 2.89. The number of hydrogen-bond donors (Lipinski definition) is 1. The highest BCUT2D eigenvalue weighted by atomic mass is 19.1. The first-order valence-corrected chi connectivity index (χ1v) is 6.08. The van der Waals surface area contributed by atoms with Gasteiger partial charge < -0.3 is 15.2 Å². The van der Waals surface area contributed by atoms with Crippen molar-refractivity contribution >= 4 is 12.1 Å². The Kier molecular flexibility index (Phi) is 4.39. The number of ether oxygens (including phenoxy) is 2. The Morgan fingerprint density at radius 1 is 1.47 bits per heavy atom. The third-order valence-electron chi connectivity index (χ3n) is 2.86. The monoisotopic (exact) mass is 276 g/mol. The lowest BCUT2D eigenvalue weighted by Gasteiger charge is -2.27. The lowest BCUT2D eigenvalue weighted by molar-refractivity contribution is -0.145. The standard InChI is InChI=1S/C12H21FN2O4/c1-11(2,3)19-10(17)15-7-12(13,6-14)5-8(15)9(16)18-4/h8H,5-7,14H2,1-4H3. The van der Waals surface area contributed by atoms with Gasteiger partial charge in [-0.2, -0.15) is 0 Å². The summed E-state index contributed by atoms with van der Waals surface area (Å²) in [6, 6.07) is -0.992. The van der Waals surface area contributed by atoms with Crippen molar-refractivity contribution in [3.8, 4) is 0 Å². The Hall–Kier alpha value is -1.37. The number of carbonyl (C=O) groups is 2. The van der Waals surface area contributed by atoms with E-state index in [2.05, 4.69) is 4.74 Å². The number of halogens is 1. The maximum Gasteiger partial charge on any atom is 0.411 e. The minimum Gasteiger partial charge on any atom is -0.467 e. The lowest BCUT2D eigenvalue weighted by Crippen LogP contribution is -2.44. The number of alkyl halides is 1. The van der Waals surface area contributed by atoms with Gasteiger partial charge in [0.1, 0.15) is 17.3 Å². The second-order valence-corrected chi connectivity index (χ2v) is 5.71. The van der Waals surface area contributed by atoms with E-state index in [1.54, 1.807) is 20.8 Å². The smallest absolute Gasteiger partial charge is 0.411 e. The molecule has 1 heterocycles. The molecule has 110 valence electrons. The molecule has 0 saturated carbocycles. The number of amides is 1. The van der Waals surface area contributed by atoms with Crippen LogP contribution in [0, 0.1) is 0 Å². The molecule has 2 N–H and O–H groups in total. The van der Waals surface area contributed by atoms with Gasteiger partial charge in [-0.1, -0.05) is 0 Å². The van der Waals surface area contributed by atoms with E-state index in [1.165, 1.54) is 7.11 Å². The molecule has 0 aromatic heterocycles. The topological polar surface area (TPSA) is 81.9 Å². The Labute approximate surface area is 112 Å². The summed E-state index contributed by atoms with van der Waals surface area (Å²) in [4.78, 5) is 24.6. The van der Waals surface area contributed by atoms with Crippen LogP contribution in [0.25, 0.3) is 0 Å². The van der Waals surface area contributed by atoms with Gasteiger partial charge in [-0.3, -0.25) is 4.90 Å². The molecule has 0 aliphatic carbocycles. The fraction of sp³-hybridized carbons (Fsp3) is 0.833. The van der Waals surface area contributed by atoms with Crippen molar-refractivity contribution in [1.82, 2.24) is 4.90 Å². The summed E-state index contributed by atoms with van der Waals surface area (Å²) >= 11 is 0. The summed E-state index contributed by atoms with van der Waals surface area (Å²) in [5, 5.41) is 0. The van der Waals surface area contributed by atoms with Gasteiger partial charge in [0.05, 0.1) is 13.7 Å². The number of rotatable bonds is 2. The minimum absolute atomic E-state index is 0.171.